The van der Waals surface area contributed by atoms with Crippen LogP contribution in [0.5, 0.6) is 0 Å². The van der Waals surface area contributed by atoms with Gasteiger partial charge in [-0.2, -0.15) is 0 Å². The lowest BCUT2D eigenvalue weighted by molar-refractivity contribution is -0.124. The molecule has 0 atom stereocenters. The summed E-state index contributed by atoms with van der Waals surface area (Å²) < 4.78 is 0. The van der Waals surface area contributed by atoms with Crippen molar-refractivity contribution in [2.75, 3.05) is 11.9 Å². The maximum Gasteiger partial charge on any atom is 0.230 e. The molecule has 0 saturated carbocycles. The van der Waals surface area contributed by atoms with Gasteiger partial charge in [0.2, 0.25) is 5.91 Å². The maximum absolute atomic E-state index is 12.0. The first kappa shape index (κ1) is 14.3. The van der Waals surface area contributed by atoms with Crippen molar-refractivity contribution < 1.29 is 4.79 Å². The fourth-order valence-electron chi connectivity index (χ4n) is 1.25. The number of hydrogen-bond donors (Lipinski definition) is 2. The summed E-state index contributed by atoms with van der Waals surface area (Å²) in [5.74, 6) is 5.76. The van der Waals surface area contributed by atoms with Crippen molar-refractivity contribution >= 4 is 11.6 Å². The molecule has 0 saturated heterocycles. The Balaban J connectivity index is 2.73. The van der Waals surface area contributed by atoms with E-state index in [1.165, 1.54) is 0 Å². The summed E-state index contributed by atoms with van der Waals surface area (Å²) >= 11 is 0. The molecule has 1 aromatic rings. The lowest BCUT2D eigenvalue weighted by Crippen LogP contribution is -2.29. The number of rotatable bonds is 3. The highest BCUT2D eigenvalue weighted by Crippen LogP contribution is 2.22. The van der Waals surface area contributed by atoms with Crippen molar-refractivity contribution in [3.8, 4) is 11.8 Å². The van der Waals surface area contributed by atoms with Gasteiger partial charge in [0.25, 0.3) is 0 Å². The molecule has 0 fully saturated rings. The molecule has 0 heterocycles. The van der Waals surface area contributed by atoms with E-state index in [2.05, 4.69) is 17.2 Å². The molecule has 1 amide bonds. The van der Waals surface area contributed by atoms with Gasteiger partial charge in [-0.05, 0) is 30.7 Å². The van der Waals surface area contributed by atoms with E-state index in [0.717, 1.165) is 17.7 Å². The fourth-order valence-corrected chi connectivity index (χ4v) is 1.25. The molecule has 0 aliphatic heterocycles. The van der Waals surface area contributed by atoms with Gasteiger partial charge in [-0.25, -0.2) is 0 Å². The van der Waals surface area contributed by atoms with E-state index < -0.39 is 0 Å². The fraction of sp³-hybridized carbons (Fsp3) is 0.400. The first-order valence-electron chi connectivity index (χ1n) is 6.10. The van der Waals surface area contributed by atoms with E-state index in [9.17, 15) is 4.79 Å². The second-order valence-corrected chi connectivity index (χ2v) is 4.77. The Bertz CT molecular complexity index is 464. The molecule has 0 unspecified atom stereocenters. The summed E-state index contributed by atoms with van der Waals surface area (Å²) in [7, 11) is 0. The minimum atomic E-state index is -0.349. The Morgan fingerprint density at radius 1 is 1.33 bits per heavy atom. The van der Waals surface area contributed by atoms with Crippen molar-refractivity contribution in [2.45, 2.75) is 27.2 Å². The van der Waals surface area contributed by atoms with Gasteiger partial charge >= 0.3 is 0 Å². The third-order valence-corrected chi connectivity index (χ3v) is 2.98. The van der Waals surface area contributed by atoms with Crippen molar-refractivity contribution in [3.05, 3.63) is 29.8 Å². The second kappa shape index (κ2) is 6.23. The van der Waals surface area contributed by atoms with Crippen LogP contribution in [0.25, 0.3) is 0 Å². The van der Waals surface area contributed by atoms with E-state index in [-0.39, 0.29) is 11.3 Å². The Labute approximate surface area is 109 Å². The molecule has 0 spiro atoms. The third kappa shape index (κ3) is 3.90. The minimum absolute atomic E-state index is 0.0331. The highest BCUT2D eigenvalue weighted by atomic mass is 16.2. The van der Waals surface area contributed by atoms with Gasteiger partial charge in [-0.1, -0.05) is 32.6 Å². The van der Waals surface area contributed by atoms with Crippen molar-refractivity contribution in [1.29, 1.82) is 0 Å². The molecule has 0 bridgehead atoms. The molecule has 3 N–H and O–H groups in total. The normalized spacial score (nSPS) is 10.4. The van der Waals surface area contributed by atoms with Crippen LogP contribution in [0.15, 0.2) is 24.3 Å². The second-order valence-electron chi connectivity index (χ2n) is 4.77. The number of anilines is 1. The number of amides is 1. The van der Waals surface area contributed by atoms with Crippen LogP contribution in [0.4, 0.5) is 5.69 Å². The van der Waals surface area contributed by atoms with Crippen molar-refractivity contribution in [1.82, 2.24) is 0 Å². The Morgan fingerprint density at radius 2 is 1.94 bits per heavy atom. The quantitative estimate of drug-likeness (QED) is 0.802. The van der Waals surface area contributed by atoms with Crippen LogP contribution in [-0.2, 0) is 4.79 Å². The van der Waals surface area contributed by atoms with Gasteiger partial charge in [0.05, 0.1) is 6.54 Å². The third-order valence-electron chi connectivity index (χ3n) is 2.98. The largest absolute Gasteiger partial charge is 0.326 e. The van der Waals surface area contributed by atoms with Gasteiger partial charge in [0.1, 0.15) is 0 Å². The average Bonchev–Trinajstić information content (AvgIpc) is 2.37. The monoisotopic (exact) mass is 244 g/mol. The van der Waals surface area contributed by atoms with E-state index in [1.807, 2.05) is 45.0 Å². The highest BCUT2D eigenvalue weighted by molar-refractivity contribution is 5.94. The number of carbonyl (C=O) groups is 1. The van der Waals surface area contributed by atoms with E-state index in [1.54, 1.807) is 0 Å². The van der Waals surface area contributed by atoms with E-state index in [0.29, 0.717) is 6.54 Å². The Morgan fingerprint density at radius 3 is 2.44 bits per heavy atom. The average molecular weight is 244 g/mol. The van der Waals surface area contributed by atoms with Gasteiger partial charge in [0.15, 0.2) is 0 Å². The van der Waals surface area contributed by atoms with Crippen LogP contribution >= 0.6 is 0 Å². The molecule has 3 nitrogen and oxygen atoms in total. The first-order chi connectivity index (χ1) is 8.49. The Hall–Kier alpha value is -1.79. The number of hydrogen-bond acceptors (Lipinski definition) is 2. The zero-order valence-corrected chi connectivity index (χ0v) is 11.2. The predicted molar refractivity (Wildman–Crippen MR) is 75.1 cm³/mol. The summed E-state index contributed by atoms with van der Waals surface area (Å²) in [5, 5.41) is 2.90. The first-order valence-corrected chi connectivity index (χ1v) is 6.10. The minimum Gasteiger partial charge on any atom is -0.326 e. The molecule has 0 aliphatic carbocycles. The number of nitrogens with two attached hydrogens (primary N) is 1. The van der Waals surface area contributed by atoms with Crippen molar-refractivity contribution in [2.24, 2.45) is 11.1 Å². The molecule has 1 aromatic carbocycles. The van der Waals surface area contributed by atoms with Crippen LogP contribution in [0, 0.1) is 17.3 Å². The molecular formula is C15H20N2O. The van der Waals surface area contributed by atoms with Gasteiger partial charge in [-0.3, -0.25) is 4.79 Å². The maximum atomic E-state index is 12.0. The van der Waals surface area contributed by atoms with E-state index >= 15 is 0 Å². The van der Waals surface area contributed by atoms with E-state index in [4.69, 9.17) is 5.73 Å². The number of benzene rings is 1. The van der Waals surface area contributed by atoms with Crippen LogP contribution in [-0.4, -0.2) is 12.5 Å². The van der Waals surface area contributed by atoms with Gasteiger partial charge < -0.3 is 11.1 Å². The molecule has 1 rings (SSSR count). The van der Waals surface area contributed by atoms with Gasteiger partial charge in [0, 0.05) is 16.7 Å². The molecule has 3 heteroatoms. The zero-order chi connectivity index (χ0) is 13.6. The molecule has 0 aliphatic rings. The van der Waals surface area contributed by atoms with Gasteiger partial charge in [-0.15, -0.1) is 0 Å². The number of nitrogens with one attached hydrogen (secondary N) is 1. The smallest absolute Gasteiger partial charge is 0.230 e. The zero-order valence-electron chi connectivity index (χ0n) is 11.2. The van der Waals surface area contributed by atoms with Crippen LogP contribution in [0.2, 0.25) is 0 Å². The van der Waals surface area contributed by atoms with Crippen LogP contribution in [0.1, 0.15) is 32.8 Å². The Kier molecular flexibility index (Phi) is 4.94. The summed E-state index contributed by atoms with van der Waals surface area (Å²) in [6.45, 7) is 6.22. The highest BCUT2D eigenvalue weighted by Gasteiger charge is 2.24. The molecule has 18 heavy (non-hydrogen) atoms. The summed E-state index contributed by atoms with van der Waals surface area (Å²) in [4.78, 5) is 12.0. The molecule has 0 radical (unpaired) electrons. The lowest BCUT2D eigenvalue weighted by Gasteiger charge is -2.21. The molecule has 96 valence electrons. The summed E-state index contributed by atoms with van der Waals surface area (Å²) in [6, 6.07) is 7.45. The summed E-state index contributed by atoms with van der Waals surface area (Å²) in [6.07, 6.45) is 0.804. The SMILES string of the molecule is CCC(C)(C)C(=O)Nc1ccc(C#CCN)cc1. The molecular weight excluding hydrogens is 224 g/mol. The summed E-state index contributed by atoms with van der Waals surface area (Å²) in [5.41, 5.74) is 6.64. The topological polar surface area (TPSA) is 55.1 Å². The van der Waals surface area contributed by atoms with Crippen LogP contribution < -0.4 is 11.1 Å². The lowest BCUT2D eigenvalue weighted by atomic mass is 9.89. The number of carbonyl (C=O) groups excluding carboxylic acids is 1. The predicted octanol–water partition coefficient (Wildman–Crippen LogP) is 2.37. The van der Waals surface area contributed by atoms with Crippen molar-refractivity contribution in [3.63, 3.8) is 0 Å². The standard InChI is InChI=1S/C15H20N2O/c1-4-15(2,3)14(18)17-13-9-7-12(8-10-13)6-5-11-16/h7-10H,4,11,16H2,1-3H3,(H,17,18). The van der Waals surface area contributed by atoms with Crippen LogP contribution in [0.3, 0.4) is 0 Å². The molecule has 0 aromatic heterocycles.